The molecule has 3 heteroatoms. The van der Waals surface area contributed by atoms with E-state index in [4.69, 9.17) is 11.6 Å². The van der Waals surface area contributed by atoms with E-state index in [0.29, 0.717) is 5.92 Å². The van der Waals surface area contributed by atoms with E-state index >= 15 is 0 Å². The number of hydrazine groups is 1. The third-order valence-corrected chi connectivity index (χ3v) is 2.91. The maximum absolute atomic E-state index is 5.92. The van der Waals surface area contributed by atoms with Crippen molar-refractivity contribution in [3.05, 3.63) is 29.8 Å². The highest BCUT2D eigenvalue weighted by molar-refractivity contribution is 5.48. The molecule has 0 spiro atoms. The number of benzene rings is 1. The van der Waals surface area contributed by atoms with Gasteiger partial charge in [0.2, 0.25) is 0 Å². The average molecular weight is 207 g/mol. The molecule has 0 fully saturated rings. The van der Waals surface area contributed by atoms with Crippen molar-refractivity contribution in [2.45, 2.75) is 32.7 Å². The fourth-order valence-electron chi connectivity index (χ4n) is 1.68. The van der Waals surface area contributed by atoms with Gasteiger partial charge in [-0.05, 0) is 24.0 Å². The Kier molecular flexibility index (Phi) is 4.59. The Bertz CT molecular complexity index is 299. The van der Waals surface area contributed by atoms with Crippen molar-refractivity contribution in [2.75, 3.05) is 5.73 Å². The predicted molar refractivity (Wildman–Crippen MR) is 65.0 cm³/mol. The highest BCUT2D eigenvalue weighted by atomic mass is 15.2. The molecule has 0 bridgehead atoms. The van der Waals surface area contributed by atoms with Gasteiger partial charge in [0.05, 0.1) is 0 Å². The molecule has 5 N–H and O–H groups in total. The van der Waals surface area contributed by atoms with Crippen LogP contribution in [0.3, 0.4) is 0 Å². The molecule has 0 aliphatic carbocycles. The third kappa shape index (κ3) is 3.22. The summed E-state index contributed by atoms with van der Waals surface area (Å²) in [6.07, 6.45) is 2.17. The molecule has 1 aromatic rings. The zero-order valence-electron chi connectivity index (χ0n) is 9.53. The standard InChI is InChI=1S/C12H21N3/c1-3-9(2)8-12(15-14)10-6-4-5-7-11(10)13/h4-7,9,12,15H,3,8,13-14H2,1-2H3. The van der Waals surface area contributed by atoms with Crippen LogP contribution in [0.2, 0.25) is 0 Å². The molecule has 0 aromatic heterocycles. The van der Waals surface area contributed by atoms with E-state index in [1.807, 2.05) is 24.3 Å². The lowest BCUT2D eigenvalue weighted by molar-refractivity contribution is 0.408. The number of nitrogens with one attached hydrogen (secondary N) is 1. The van der Waals surface area contributed by atoms with Gasteiger partial charge in [0.15, 0.2) is 0 Å². The first-order valence-corrected chi connectivity index (χ1v) is 5.49. The molecule has 0 saturated carbocycles. The molecule has 84 valence electrons. The van der Waals surface area contributed by atoms with Gasteiger partial charge in [0.25, 0.3) is 0 Å². The molecule has 2 unspecified atom stereocenters. The minimum absolute atomic E-state index is 0.154. The Morgan fingerprint density at radius 1 is 1.33 bits per heavy atom. The Labute approximate surface area is 91.8 Å². The molecule has 0 aliphatic rings. The SMILES string of the molecule is CCC(C)CC(NN)c1ccccc1N. The first-order valence-electron chi connectivity index (χ1n) is 5.49. The summed E-state index contributed by atoms with van der Waals surface area (Å²) in [7, 11) is 0. The Morgan fingerprint density at radius 2 is 2.00 bits per heavy atom. The molecule has 0 amide bonds. The van der Waals surface area contributed by atoms with Crippen LogP contribution in [0.5, 0.6) is 0 Å². The predicted octanol–water partition coefficient (Wildman–Crippen LogP) is 2.21. The van der Waals surface area contributed by atoms with Gasteiger partial charge >= 0.3 is 0 Å². The summed E-state index contributed by atoms with van der Waals surface area (Å²) >= 11 is 0. The molecule has 15 heavy (non-hydrogen) atoms. The van der Waals surface area contributed by atoms with Gasteiger partial charge < -0.3 is 5.73 Å². The zero-order valence-corrected chi connectivity index (χ0v) is 9.53. The molecule has 0 aliphatic heterocycles. The van der Waals surface area contributed by atoms with E-state index < -0.39 is 0 Å². The van der Waals surface area contributed by atoms with Crippen LogP contribution in [0, 0.1) is 5.92 Å². The van der Waals surface area contributed by atoms with Gasteiger partial charge in [-0.3, -0.25) is 11.3 Å². The summed E-state index contributed by atoms with van der Waals surface area (Å²) in [5.41, 5.74) is 10.7. The molecule has 0 saturated heterocycles. The van der Waals surface area contributed by atoms with Crippen LogP contribution in [0.4, 0.5) is 5.69 Å². The second-order valence-electron chi connectivity index (χ2n) is 4.10. The van der Waals surface area contributed by atoms with Crippen molar-refractivity contribution >= 4 is 5.69 Å². The third-order valence-electron chi connectivity index (χ3n) is 2.91. The van der Waals surface area contributed by atoms with Gasteiger partial charge in [-0.1, -0.05) is 38.5 Å². The van der Waals surface area contributed by atoms with E-state index in [0.717, 1.165) is 24.1 Å². The molecule has 1 aromatic carbocycles. The monoisotopic (exact) mass is 207 g/mol. The number of hydrogen-bond donors (Lipinski definition) is 3. The molecule has 3 nitrogen and oxygen atoms in total. The lowest BCUT2D eigenvalue weighted by Gasteiger charge is -2.21. The number of anilines is 1. The Morgan fingerprint density at radius 3 is 2.53 bits per heavy atom. The van der Waals surface area contributed by atoms with E-state index in [1.54, 1.807) is 0 Å². The van der Waals surface area contributed by atoms with Gasteiger partial charge in [-0.15, -0.1) is 0 Å². The van der Waals surface area contributed by atoms with Crippen molar-refractivity contribution in [1.82, 2.24) is 5.43 Å². The number of nitrogens with two attached hydrogens (primary N) is 2. The van der Waals surface area contributed by atoms with Gasteiger partial charge in [0.1, 0.15) is 0 Å². The summed E-state index contributed by atoms with van der Waals surface area (Å²) < 4.78 is 0. The maximum atomic E-state index is 5.92. The molecule has 1 rings (SSSR count). The first kappa shape index (κ1) is 12.0. The van der Waals surface area contributed by atoms with Crippen LogP contribution < -0.4 is 17.0 Å². The van der Waals surface area contributed by atoms with Crippen molar-refractivity contribution in [3.8, 4) is 0 Å². The van der Waals surface area contributed by atoms with Crippen molar-refractivity contribution < 1.29 is 0 Å². The lowest BCUT2D eigenvalue weighted by atomic mass is 9.94. The lowest BCUT2D eigenvalue weighted by Crippen LogP contribution is -2.29. The summed E-state index contributed by atoms with van der Waals surface area (Å²) in [6, 6.07) is 8.03. The number of rotatable bonds is 5. The molecule has 0 radical (unpaired) electrons. The van der Waals surface area contributed by atoms with E-state index in [1.165, 1.54) is 0 Å². The highest BCUT2D eigenvalue weighted by Gasteiger charge is 2.14. The van der Waals surface area contributed by atoms with Crippen molar-refractivity contribution in [3.63, 3.8) is 0 Å². The summed E-state index contributed by atoms with van der Waals surface area (Å²) in [4.78, 5) is 0. The molecular formula is C12H21N3. The maximum Gasteiger partial charge on any atom is 0.0482 e. The van der Waals surface area contributed by atoms with E-state index in [2.05, 4.69) is 19.3 Å². The van der Waals surface area contributed by atoms with Crippen LogP contribution in [-0.4, -0.2) is 0 Å². The van der Waals surface area contributed by atoms with Crippen LogP contribution in [-0.2, 0) is 0 Å². The summed E-state index contributed by atoms with van der Waals surface area (Å²) in [5.74, 6) is 6.22. The van der Waals surface area contributed by atoms with Crippen molar-refractivity contribution in [2.24, 2.45) is 11.8 Å². The molecular weight excluding hydrogens is 186 g/mol. The second-order valence-corrected chi connectivity index (χ2v) is 4.10. The normalized spacial score (nSPS) is 14.9. The second kappa shape index (κ2) is 5.73. The van der Waals surface area contributed by atoms with Crippen LogP contribution in [0.25, 0.3) is 0 Å². The highest BCUT2D eigenvalue weighted by Crippen LogP contribution is 2.26. The minimum Gasteiger partial charge on any atom is -0.398 e. The Hall–Kier alpha value is -1.06. The smallest absolute Gasteiger partial charge is 0.0482 e. The fraction of sp³-hybridized carbons (Fsp3) is 0.500. The van der Waals surface area contributed by atoms with Crippen LogP contribution >= 0.6 is 0 Å². The number of nitrogen functional groups attached to an aromatic ring is 1. The quantitative estimate of drug-likeness (QED) is 0.394. The largest absolute Gasteiger partial charge is 0.398 e. The first-order chi connectivity index (χ1) is 7.19. The summed E-state index contributed by atoms with van der Waals surface area (Å²) in [5, 5.41) is 0. The van der Waals surface area contributed by atoms with Gasteiger partial charge in [0, 0.05) is 11.7 Å². The topological polar surface area (TPSA) is 64.1 Å². The minimum atomic E-state index is 0.154. The Balaban J connectivity index is 2.78. The van der Waals surface area contributed by atoms with E-state index in [9.17, 15) is 0 Å². The van der Waals surface area contributed by atoms with Crippen LogP contribution in [0.1, 0.15) is 38.3 Å². The van der Waals surface area contributed by atoms with E-state index in [-0.39, 0.29) is 6.04 Å². The van der Waals surface area contributed by atoms with Crippen molar-refractivity contribution in [1.29, 1.82) is 0 Å². The number of hydrogen-bond acceptors (Lipinski definition) is 3. The van der Waals surface area contributed by atoms with Gasteiger partial charge in [-0.2, -0.15) is 0 Å². The molecule has 0 heterocycles. The fourth-order valence-corrected chi connectivity index (χ4v) is 1.68. The van der Waals surface area contributed by atoms with Crippen LogP contribution in [0.15, 0.2) is 24.3 Å². The molecule has 2 atom stereocenters. The average Bonchev–Trinajstić information content (AvgIpc) is 2.26. The summed E-state index contributed by atoms with van der Waals surface area (Å²) in [6.45, 7) is 4.41. The number of para-hydroxylation sites is 1. The van der Waals surface area contributed by atoms with Gasteiger partial charge in [-0.25, -0.2) is 0 Å². The zero-order chi connectivity index (χ0) is 11.3.